The third-order valence-corrected chi connectivity index (χ3v) is 3.63. The number of ether oxygens (including phenoxy) is 1. The van der Waals surface area contributed by atoms with Crippen LogP contribution in [0.4, 0.5) is 0 Å². The normalized spacial score (nSPS) is 11.1. The molecule has 0 bridgehead atoms. The SMILES string of the molecule is CCCc1nnc2sc(-c3ncccc3OC)nn12. The van der Waals surface area contributed by atoms with Gasteiger partial charge >= 0.3 is 0 Å². The summed E-state index contributed by atoms with van der Waals surface area (Å²) in [5.41, 5.74) is 0.739. The average molecular weight is 275 g/mol. The zero-order valence-electron chi connectivity index (χ0n) is 10.7. The van der Waals surface area contributed by atoms with E-state index < -0.39 is 0 Å². The van der Waals surface area contributed by atoms with Gasteiger partial charge < -0.3 is 4.74 Å². The molecule has 19 heavy (non-hydrogen) atoms. The zero-order chi connectivity index (χ0) is 13.2. The van der Waals surface area contributed by atoms with E-state index in [1.165, 1.54) is 11.3 Å². The summed E-state index contributed by atoms with van der Waals surface area (Å²) >= 11 is 1.46. The molecule has 0 radical (unpaired) electrons. The largest absolute Gasteiger partial charge is 0.494 e. The second-order valence-electron chi connectivity index (χ2n) is 4.02. The van der Waals surface area contributed by atoms with Gasteiger partial charge in [0.1, 0.15) is 11.4 Å². The maximum Gasteiger partial charge on any atom is 0.235 e. The standard InChI is InChI=1S/C12H13N5OS/c1-3-5-9-14-15-12-17(9)16-11(19-12)10-8(18-2)6-4-7-13-10/h4,6-7H,3,5H2,1-2H3. The summed E-state index contributed by atoms with van der Waals surface area (Å²) in [5.74, 6) is 1.60. The summed E-state index contributed by atoms with van der Waals surface area (Å²) in [6.45, 7) is 2.11. The molecule has 0 unspecified atom stereocenters. The van der Waals surface area contributed by atoms with Gasteiger partial charge in [-0.05, 0) is 18.6 Å². The summed E-state index contributed by atoms with van der Waals surface area (Å²) in [5, 5.41) is 13.6. The molecular weight excluding hydrogens is 262 g/mol. The lowest BCUT2D eigenvalue weighted by molar-refractivity contribution is 0.414. The van der Waals surface area contributed by atoms with Crippen molar-refractivity contribution in [3.8, 4) is 16.5 Å². The van der Waals surface area contributed by atoms with Crippen molar-refractivity contribution in [2.24, 2.45) is 0 Å². The first-order chi connectivity index (χ1) is 9.33. The van der Waals surface area contributed by atoms with E-state index in [1.807, 2.05) is 12.1 Å². The molecule has 0 N–H and O–H groups in total. The summed E-state index contributed by atoms with van der Waals surface area (Å²) in [6.07, 6.45) is 3.61. The monoisotopic (exact) mass is 275 g/mol. The summed E-state index contributed by atoms with van der Waals surface area (Å²) in [7, 11) is 1.63. The van der Waals surface area contributed by atoms with Crippen molar-refractivity contribution < 1.29 is 4.74 Å². The van der Waals surface area contributed by atoms with Crippen LogP contribution in [0.5, 0.6) is 5.75 Å². The molecule has 0 aliphatic heterocycles. The van der Waals surface area contributed by atoms with Gasteiger partial charge in [0.15, 0.2) is 10.8 Å². The maximum atomic E-state index is 5.31. The Labute approximate surface area is 114 Å². The maximum absolute atomic E-state index is 5.31. The van der Waals surface area contributed by atoms with Crippen molar-refractivity contribution in [3.05, 3.63) is 24.2 Å². The molecule has 0 amide bonds. The van der Waals surface area contributed by atoms with Crippen LogP contribution in [0.2, 0.25) is 0 Å². The first kappa shape index (κ1) is 12.0. The predicted octanol–water partition coefficient (Wildman–Crippen LogP) is 2.21. The third-order valence-electron chi connectivity index (χ3n) is 2.72. The summed E-state index contributed by atoms with van der Waals surface area (Å²) in [6, 6.07) is 3.71. The average Bonchev–Trinajstić information content (AvgIpc) is 3.01. The molecule has 0 saturated carbocycles. The van der Waals surface area contributed by atoms with Gasteiger partial charge in [-0.25, -0.2) is 4.98 Å². The number of hydrogen-bond acceptors (Lipinski definition) is 6. The molecule has 0 saturated heterocycles. The molecule has 3 aromatic heterocycles. The zero-order valence-corrected chi connectivity index (χ0v) is 11.5. The van der Waals surface area contributed by atoms with Gasteiger partial charge in [-0.1, -0.05) is 18.3 Å². The highest BCUT2D eigenvalue weighted by Crippen LogP contribution is 2.30. The van der Waals surface area contributed by atoms with Gasteiger partial charge in [0, 0.05) is 12.6 Å². The van der Waals surface area contributed by atoms with Crippen molar-refractivity contribution in [2.75, 3.05) is 7.11 Å². The number of pyridine rings is 1. The highest BCUT2D eigenvalue weighted by Gasteiger charge is 2.15. The van der Waals surface area contributed by atoms with E-state index in [1.54, 1.807) is 17.8 Å². The quantitative estimate of drug-likeness (QED) is 0.730. The van der Waals surface area contributed by atoms with Crippen LogP contribution >= 0.6 is 11.3 Å². The second kappa shape index (κ2) is 4.93. The van der Waals surface area contributed by atoms with Crippen LogP contribution < -0.4 is 4.74 Å². The van der Waals surface area contributed by atoms with E-state index >= 15 is 0 Å². The lowest BCUT2D eigenvalue weighted by Gasteiger charge is -2.02. The molecule has 0 aliphatic rings. The van der Waals surface area contributed by atoms with E-state index in [0.717, 1.165) is 34.3 Å². The molecule has 0 aromatic carbocycles. The van der Waals surface area contributed by atoms with E-state index in [4.69, 9.17) is 4.74 Å². The highest BCUT2D eigenvalue weighted by atomic mass is 32.1. The predicted molar refractivity (Wildman–Crippen MR) is 72.4 cm³/mol. The molecule has 3 aromatic rings. The van der Waals surface area contributed by atoms with E-state index in [2.05, 4.69) is 27.2 Å². The summed E-state index contributed by atoms with van der Waals surface area (Å²) in [4.78, 5) is 5.12. The van der Waals surface area contributed by atoms with E-state index in [-0.39, 0.29) is 0 Å². The Morgan fingerprint density at radius 1 is 1.37 bits per heavy atom. The van der Waals surface area contributed by atoms with Crippen molar-refractivity contribution in [3.63, 3.8) is 0 Å². The van der Waals surface area contributed by atoms with Gasteiger partial charge in [-0.3, -0.25) is 0 Å². The molecule has 3 heterocycles. The topological polar surface area (TPSA) is 65.2 Å². The molecule has 98 valence electrons. The second-order valence-corrected chi connectivity index (χ2v) is 4.98. The van der Waals surface area contributed by atoms with Crippen molar-refractivity contribution in [2.45, 2.75) is 19.8 Å². The van der Waals surface area contributed by atoms with Crippen LogP contribution in [-0.2, 0) is 6.42 Å². The molecular formula is C12H13N5OS. The number of hydrogen-bond donors (Lipinski definition) is 0. The number of nitrogens with zero attached hydrogens (tertiary/aromatic N) is 5. The fraction of sp³-hybridized carbons (Fsp3) is 0.333. The van der Waals surface area contributed by atoms with Crippen LogP contribution in [0.15, 0.2) is 18.3 Å². The van der Waals surface area contributed by atoms with Crippen molar-refractivity contribution in [1.82, 2.24) is 24.8 Å². The number of rotatable bonds is 4. The fourth-order valence-electron chi connectivity index (χ4n) is 1.85. The Morgan fingerprint density at radius 3 is 3.05 bits per heavy atom. The van der Waals surface area contributed by atoms with Crippen LogP contribution in [0.1, 0.15) is 19.2 Å². The minimum Gasteiger partial charge on any atom is -0.494 e. The Hall–Kier alpha value is -2.02. The number of methoxy groups -OCH3 is 1. The molecule has 6 nitrogen and oxygen atoms in total. The summed E-state index contributed by atoms with van der Waals surface area (Å²) < 4.78 is 7.10. The minimum absolute atomic E-state index is 0.713. The van der Waals surface area contributed by atoms with Crippen LogP contribution in [0.25, 0.3) is 15.7 Å². The molecule has 7 heteroatoms. The fourth-order valence-corrected chi connectivity index (χ4v) is 2.71. The van der Waals surface area contributed by atoms with Gasteiger partial charge in [0.2, 0.25) is 4.96 Å². The smallest absolute Gasteiger partial charge is 0.235 e. The van der Waals surface area contributed by atoms with Crippen LogP contribution in [0.3, 0.4) is 0 Å². The lowest BCUT2D eigenvalue weighted by Crippen LogP contribution is -1.96. The molecule has 3 rings (SSSR count). The van der Waals surface area contributed by atoms with Gasteiger partial charge in [-0.2, -0.15) is 9.61 Å². The van der Waals surface area contributed by atoms with E-state index in [9.17, 15) is 0 Å². The highest BCUT2D eigenvalue weighted by molar-refractivity contribution is 7.19. The number of aromatic nitrogens is 5. The molecule has 0 aliphatic carbocycles. The van der Waals surface area contributed by atoms with Gasteiger partial charge in [-0.15, -0.1) is 10.2 Å². The Morgan fingerprint density at radius 2 is 2.26 bits per heavy atom. The van der Waals surface area contributed by atoms with Crippen LogP contribution in [-0.4, -0.2) is 31.9 Å². The Kier molecular flexibility index (Phi) is 3.12. The minimum atomic E-state index is 0.713. The Bertz CT molecular complexity index is 705. The van der Waals surface area contributed by atoms with Gasteiger partial charge in [0.05, 0.1) is 7.11 Å². The van der Waals surface area contributed by atoms with Crippen molar-refractivity contribution in [1.29, 1.82) is 0 Å². The number of aryl methyl sites for hydroxylation is 1. The molecule has 0 atom stereocenters. The van der Waals surface area contributed by atoms with Crippen molar-refractivity contribution >= 4 is 16.3 Å². The lowest BCUT2D eigenvalue weighted by atomic mass is 10.3. The van der Waals surface area contributed by atoms with Crippen LogP contribution in [0, 0.1) is 0 Å². The number of fused-ring (bicyclic) bond motifs is 1. The van der Waals surface area contributed by atoms with Gasteiger partial charge in [0.25, 0.3) is 0 Å². The molecule has 0 spiro atoms. The first-order valence-corrected chi connectivity index (χ1v) is 6.85. The molecule has 0 fully saturated rings. The Balaban J connectivity index is 2.10. The first-order valence-electron chi connectivity index (χ1n) is 6.04. The van der Waals surface area contributed by atoms with E-state index in [0.29, 0.717) is 5.75 Å². The third kappa shape index (κ3) is 2.06.